The second kappa shape index (κ2) is 6.71. The van der Waals surface area contributed by atoms with E-state index in [1.54, 1.807) is 0 Å². The number of hydrogen-bond donors (Lipinski definition) is 2. The molecular weight excluding hydrogens is 238 g/mol. The molecule has 0 bridgehead atoms. The summed E-state index contributed by atoms with van der Waals surface area (Å²) in [6.07, 6.45) is 0.765. The van der Waals surface area contributed by atoms with Gasteiger partial charge in [-0.1, -0.05) is 54.6 Å². The van der Waals surface area contributed by atoms with Gasteiger partial charge in [-0.05, 0) is 23.1 Å². The maximum Gasteiger partial charge on any atom is 0.245 e. The Hall–Kier alpha value is -2.13. The fourth-order valence-corrected chi connectivity index (χ4v) is 1.90. The van der Waals surface area contributed by atoms with Gasteiger partial charge in [-0.2, -0.15) is 0 Å². The SMILES string of the molecule is O=C(CO)NCCc1ccc(-c2ccccc2)cc1. The smallest absolute Gasteiger partial charge is 0.245 e. The molecule has 0 saturated carbocycles. The number of amides is 1. The molecular formula is C16H17NO2. The third-order valence-electron chi connectivity index (χ3n) is 2.94. The van der Waals surface area contributed by atoms with Gasteiger partial charge in [-0.15, -0.1) is 0 Å². The van der Waals surface area contributed by atoms with E-state index in [-0.39, 0.29) is 5.91 Å². The van der Waals surface area contributed by atoms with Crippen LogP contribution in [0.5, 0.6) is 0 Å². The van der Waals surface area contributed by atoms with E-state index in [2.05, 4.69) is 41.7 Å². The van der Waals surface area contributed by atoms with Crippen LogP contribution in [0.4, 0.5) is 0 Å². The van der Waals surface area contributed by atoms with Crippen molar-refractivity contribution in [3.8, 4) is 11.1 Å². The highest BCUT2D eigenvalue weighted by molar-refractivity contribution is 5.76. The Morgan fingerprint density at radius 1 is 0.947 bits per heavy atom. The minimum atomic E-state index is -0.451. The fraction of sp³-hybridized carbons (Fsp3) is 0.188. The average Bonchev–Trinajstić information content (AvgIpc) is 2.48. The first-order valence-corrected chi connectivity index (χ1v) is 6.31. The van der Waals surface area contributed by atoms with Gasteiger partial charge in [-0.3, -0.25) is 4.79 Å². The van der Waals surface area contributed by atoms with E-state index in [1.807, 2.05) is 18.2 Å². The maximum absolute atomic E-state index is 10.9. The number of hydrogen-bond acceptors (Lipinski definition) is 2. The standard InChI is InChI=1S/C16H17NO2/c18-12-16(19)17-11-10-13-6-8-15(9-7-13)14-4-2-1-3-5-14/h1-9,18H,10-12H2,(H,17,19). The van der Waals surface area contributed by atoms with Gasteiger partial charge in [-0.25, -0.2) is 0 Å². The summed E-state index contributed by atoms with van der Waals surface area (Å²) in [5.74, 6) is -0.332. The lowest BCUT2D eigenvalue weighted by Gasteiger charge is -2.05. The largest absolute Gasteiger partial charge is 0.387 e. The van der Waals surface area contributed by atoms with Crippen molar-refractivity contribution in [2.75, 3.05) is 13.2 Å². The van der Waals surface area contributed by atoms with E-state index >= 15 is 0 Å². The molecule has 0 unspecified atom stereocenters. The number of nitrogens with one attached hydrogen (secondary N) is 1. The Morgan fingerprint density at radius 3 is 2.21 bits per heavy atom. The van der Waals surface area contributed by atoms with Crippen molar-refractivity contribution in [3.63, 3.8) is 0 Å². The van der Waals surface area contributed by atoms with Crippen molar-refractivity contribution in [2.24, 2.45) is 0 Å². The van der Waals surface area contributed by atoms with Crippen molar-refractivity contribution < 1.29 is 9.90 Å². The molecule has 0 aromatic heterocycles. The zero-order valence-corrected chi connectivity index (χ0v) is 10.7. The molecule has 0 heterocycles. The van der Waals surface area contributed by atoms with Gasteiger partial charge in [0.05, 0.1) is 0 Å². The van der Waals surface area contributed by atoms with E-state index in [0.29, 0.717) is 6.54 Å². The topological polar surface area (TPSA) is 49.3 Å². The summed E-state index contributed by atoms with van der Waals surface area (Å²) < 4.78 is 0. The zero-order chi connectivity index (χ0) is 13.5. The number of aliphatic hydroxyl groups excluding tert-OH is 1. The van der Waals surface area contributed by atoms with Crippen LogP contribution in [0.2, 0.25) is 0 Å². The second-order valence-electron chi connectivity index (χ2n) is 4.32. The highest BCUT2D eigenvalue weighted by Gasteiger charge is 1.99. The molecule has 1 amide bonds. The molecule has 0 saturated heterocycles. The molecule has 0 spiro atoms. The van der Waals surface area contributed by atoms with Crippen molar-refractivity contribution in [3.05, 3.63) is 60.2 Å². The van der Waals surface area contributed by atoms with Crippen LogP contribution >= 0.6 is 0 Å². The number of benzene rings is 2. The molecule has 2 aromatic carbocycles. The molecule has 0 aliphatic heterocycles. The van der Waals surface area contributed by atoms with Crippen LogP contribution in [0, 0.1) is 0 Å². The first kappa shape index (κ1) is 13.3. The van der Waals surface area contributed by atoms with Crippen molar-refractivity contribution in [2.45, 2.75) is 6.42 Å². The molecule has 3 nitrogen and oxygen atoms in total. The van der Waals surface area contributed by atoms with Crippen LogP contribution in [0.15, 0.2) is 54.6 Å². The lowest BCUT2D eigenvalue weighted by Crippen LogP contribution is -2.28. The molecule has 0 fully saturated rings. The van der Waals surface area contributed by atoms with Crippen LogP contribution in [0.3, 0.4) is 0 Å². The lowest BCUT2D eigenvalue weighted by atomic mass is 10.0. The monoisotopic (exact) mass is 255 g/mol. The fourth-order valence-electron chi connectivity index (χ4n) is 1.90. The minimum absolute atomic E-state index is 0.332. The Balaban J connectivity index is 1.94. The third-order valence-corrected chi connectivity index (χ3v) is 2.94. The summed E-state index contributed by atoms with van der Waals surface area (Å²) in [6.45, 7) is 0.0943. The van der Waals surface area contributed by atoms with Gasteiger partial charge in [0.25, 0.3) is 0 Å². The summed E-state index contributed by atoms with van der Waals surface area (Å²) in [4.78, 5) is 10.9. The minimum Gasteiger partial charge on any atom is -0.387 e. The normalized spacial score (nSPS) is 10.2. The van der Waals surface area contributed by atoms with Gasteiger partial charge in [0.2, 0.25) is 5.91 Å². The van der Waals surface area contributed by atoms with Crippen molar-refractivity contribution in [1.82, 2.24) is 5.32 Å². The second-order valence-corrected chi connectivity index (χ2v) is 4.32. The summed E-state index contributed by atoms with van der Waals surface area (Å²) in [6, 6.07) is 18.5. The first-order chi connectivity index (χ1) is 9.29. The van der Waals surface area contributed by atoms with Gasteiger partial charge < -0.3 is 10.4 Å². The maximum atomic E-state index is 10.9. The quantitative estimate of drug-likeness (QED) is 0.858. The van der Waals surface area contributed by atoms with E-state index in [1.165, 1.54) is 11.1 Å². The highest BCUT2D eigenvalue weighted by atomic mass is 16.3. The molecule has 2 N–H and O–H groups in total. The number of carbonyl (C=O) groups excluding carboxylic acids is 1. The molecule has 2 rings (SSSR count). The molecule has 98 valence electrons. The Morgan fingerprint density at radius 2 is 1.58 bits per heavy atom. The Kier molecular flexibility index (Phi) is 4.70. The summed E-state index contributed by atoms with van der Waals surface area (Å²) in [7, 11) is 0. The molecule has 0 atom stereocenters. The zero-order valence-electron chi connectivity index (χ0n) is 10.7. The third kappa shape index (κ3) is 3.93. The number of carbonyl (C=O) groups is 1. The average molecular weight is 255 g/mol. The highest BCUT2D eigenvalue weighted by Crippen LogP contribution is 2.19. The van der Waals surface area contributed by atoms with Crippen molar-refractivity contribution in [1.29, 1.82) is 0 Å². The van der Waals surface area contributed by atoms with E-state index in [9.17, 15) is 4.79 Å². The lowest BCUT2D eigenvalue weighted by molar-refractivity contribution is -0.123. The predicted octanol–water partition coefficient (Wildman–Crippen LogP) is 2.00. The van der Waals surface area contributed by atoms with Crippen LogP contribution < -0.4 is 5.32 Å². The van der Waals surface area contributed by atoms with Gasteiger partial charge >= 0.3 is 0 Å². The molecule has 0 radical (unpaired) electrons. The molecule has 0 aliphatic carbocycles. The van der Waals surface area contributed by atoms with E-state index in [4.69, 9.17) is 5.11 Å². The van der Waals surface area contributed by atoms with Crippen LogP contribution in [0.25, 0.3) is 11.1 Å². The summed E-state index contributed by atoms with van der Waals surface area (Å²) in [5.41, 5.74) is 3.55. The van der Waals surface area contributed by atoms with Crippen molar-refractivity contribution >= 4 is 5.91 Å². The summed E-state index contributed by atoms with van der Waals surface area (Å²) in [5, 5.41) is 11.2. The van der Waals surface area contributed by atoms with Crippen LogP contribution in [0.1, 0.15) is 5.56 Å². The Bertz CT molecular complexity index is 520. The van der Waals surface area contributed by atoms with Gasteiger partial charge in [0.1, 0.15) is 6.61 Å². The van der Waals surface area contributed by atoms with E-state index in [0.717, 1.165) is 12.0 Å². The van der Waals surface area contributed by atoms with Crippen LogP contribution in [-0.4, -0.2) is 24.2 Å². The molecule has 0 aliphatic rings. The molecule has 2 aromatic rings. The summed E-state index contributed by atoms with van der Waals surface area (Å²) >= 11 is 0. The van der Waals surface area contributed by atoms with Gasteiger partial charge in [0.15, 0.2) is 0 Å². The van der Waals surface area contributed by atoms with Crippen LogP contribution in [-0.2, 0) is 11.2 Å². The molecule has 19 heavy (non-hydrogen) atoms. The van der Waals surface area contributed by atoms with Gasteiger partial charge in [0, 0.05) is 6.54 Å². The Labute approximate surface area is 112 Å². The molecule has 3 heteroatoms. The predicted molar refractivity (Wildman–Crippen MR) is 75.7 cm³/mol. The van der Waals surface area contributed by atoms with E-state index < -0.39 is 6.61 Å². The number of aliphatic hydroxyl groups is 1. The number of rotatable bonds is 5. The first-order valence-electron chi connectivity index (χ1n) is 6.31.